The number of carboxylic acid groups (broad SMARTS) is 1. The molecule has 0 bridgehead atoms. The van der Waals surface area contributed by atoms with E-state index in [2.05, 4.69) is 29.0 Å². The number of aliphatic carboxylic acids is 1. The van der Waals surface area contributed by atoms with Crippen molar-refractivity contribution in [2.24, 2.45) is 40.7 Å². The first-order chi connectivity index (χ1) is 26.4. The van der Waals surface area contributed by atoms with Crippen LogP contribution in [-0.2, 0) is 23.7 Å². The number of rotatable bonds is 15. The molecule has 1 spiro atoms. The lowest BCUT2D eigenvalue weighted by Crippen LogP contribution is -2.63. The Labute approximate surface area is 327 Å². The smallest absolute Gasteiger partial charge is 0.311 e. The first-order valence-corrected chi connectivity index (χ1v) is 21.4. The summed E-state index contributed by atoms with van der Waals surface area (Å²) in [6.45, 7) is 5.66. The predicted molar refractivity (Wildman–Crippen MR) is 206 cm³/mol. The minimum Gasteiger partial charge on any atom is -0.481 e. The zero-order chi connectivity index (χ0) is 39.3. The Morgan fingerprint density at radius 2 is 1.78 bits per heavy atom. The second-order valence-corrected chi connectivity index (χ2v) is 18.1. The molecule has 316 valence electrons. The van der Waals surface area contributed by atoms with Crippen molar-refractivity contribution in [2.75, 3.05) is 33.5 Å². The minimum absolute atomic E-state index is 0.00337. The summed E-state index contributed by atoms with van der Waals surface area (Å²) in [5.74, 6) is -0.750. The molecule has 9 unspecified atom stereocenters. The van der Waals surface area contributed by atoms with Gasteiger partial charge in [-0.25, -0.2) is 0 Å². The Hall–Kier alpha value is -1.27. The predicted octanol–water partition coefficient (Wildman–Crippen LogP) is 1.62. The van der Waals surface area contributed by atoms with Gasteiger partial charge in [0.05, 0.1) is 74.3 Å². The van der Waals surface area contributed by atoms with Crippen molar-refractivity contribution in [1.29, 1.82) is 0 Å². The number of methoxy groups -OCH3 is 1. The molecule has 10 N–H and O–H groups in total. The van der Waals surface area contributed by atoms with Crippen LogP contribution in [0.1, 0.15) is 97.3 Å². The maximum Gasteiger partial charge on any atom is 0.311 e. The fourth-order valence-corrected chi connectivity index (χ4v) is 11.4. The fourth-order valence-electron chi connectivity index (χ4n) is 11.4. The van der Waals surface area contributed by atoms with Crippen LogP contribution in [0, 0.1) is 35.0 Å². The van der Waals surface area contributed by atoms with Gasteiger partial charge in [0.25, 0.3) is 0 Å². The fraction of sp³-hybridized carbons (Fsp3) is 0.927. The normalized spacial score (nSPS) is 45.8. The van der Waals surface area contributed by atoms with Crippen LogP contribution in [0.25, 0.3) is 0 Å². The third-order valence-electron chi connectivity index (χ3n) is 14.3. The largest absolute Gasteiger partial charge is 0.481 e. The lowest BCUT2D eigenvalue weighted by molar-refractivity contribution is -0.183. The maximum atomic E-state index is 12.9. The molecule has 14 heteroatoms. The molecule has 0 aromatic rings. The van der Waals surface area contributed by atoms with Crippen LogP contribution in [0.2, 0.25) is 0 Å². The van der Waals surface area contributed by atoms with E-state index in [4.69, 9.17) is 24.7 Å². The molecule has 0 aromatic heterocycles. The van der Waals surface area contributed by atoms with Gasteiger partial charge >= 0.3 is 5.97 Å². The Kier molecular flexibility index (Phi) is 15.5. The van der Waals surface area contributed by atoms with Crippen molar-refractivity contribution in [1.82, 2.24) is 16.0 Å². The third kappa shape index (κ3) is 10.5. The second kappa shape index (κ2) is 19.7. The van der Waals surface area contributed by atoms with Crippen LogP contribution >= 0.6 is 0 Å². The van der Waals surface area contributed by atoms with E-state index >= 15 is 0 Å². The summed E-state index contributed by atoms with van der Waals surface area (Å²) < 4.78 is 25.3. The Bertz CT molecular complexity index is 1250. The second-order valence-electron chi connectivity index (χ2n) is 18.1. The summed E-state index contributed by atoms with van der Waals surface area (Å²) in [6, 6.07) is -0.0366. The summed E-state index contributed by atoms with van der Waals surface area (Å²) in [6.07, 6.45) is 9.77. The Morgan fingerprint density at radius 3 is 2.53 bits per heavy atom. The molecule has 0 aromatic carbocycles. The van der Waals surface area contributed by atoms with Gasteiger partial charge in [0.1, 0.15) is 6.10 Å². The number of ether oxygens (including phenoxy) is 4. The summed E-state index contributed by atoms with van der Waals surface area (Å²) >= 11 is 0. The lowest BCUT2D eigenvalue weighted by atomic mass is 9.57. The molecule has 6 aliphatic rings. The molecule has 0 radical (unpaired) electrons. The van der Waals surface area contributed by atoms with Gasteiger partial charge in [-0.1, -0.05) is 12.2 Å². The number of hydrogen-bond acceptors (Lipinski definition) is 13. The zero-order valence-corrected chi connectivity index (χ0v) is 33.3. The highest BCUT2D eigenvalue weighted by molar-refractivity contribution is 5.74. The quantitative estimate of drug-likeness (QED) is 0.0656. The van der Waals surface area contributed by atoms with Crippen molar-refractivity contribution in [3.8, 4) is 0 Å². The molecule has 3 saturated heterocycles. The average molecular weight is 781 g/mol. The van der Waals surface area contributed by atoms with Crippen LogP contribution in [0.4, 0.5) is 0 Å². The number of carbonyl (C=O) groups is 1. The van der Waals surface area contributed by atoms with Crippen molar-refractivity contribution < 1.29 is 49.3 Å². The molecule has 5 fully saturated rings. The molecule has 2 saturated carbocycles. The van der Waals surface area contributed by atoms with Crippen LogP contribution in [0.5, 0.6) is 0 Å². The molecule has 3 aliphatic carbocycles. The molecular formula is C41H72N4O10. The van der Waals surface area contributed by atoms with E-state index in [9.17, 15) is 30.3 Å². The molecular weight excluding hydrogens is 708 g/mol. The van der Waals surface area contributed by atoms with Crippen molar-refractivity contribution in [3.05, 3.63) is 12.2 Å². The van der Waals surface area contributed by atoms with E-state index in [0.29, 0.717) is 44.6 Å². The van der Waals surface area contributed by atoms with Gasteiger partial charge in [0.15, 0.2) is 0 Å². The van der Waals surface area contributed by atoms with Crippen molar-refractivity contribution in [2.45, 2.75) is 171 Å². The van der Waals surface area contributed by atoms with Crippen LogP contribution in [0.3, 0.4) is 0 Å². The topological polar surface area (TPSA) is 217 Å². The number of aliphatic hydroxyl groups is 4. The highest BCUT2D eigenvalue weighted by Gasteiger charge is 2.59. The minimum atomic E-state index is -0.850. The highest BCUT2D eigenvalue weighted by atomic mass is 16.5. The van der Waals surface area contributed by atoms with Gasteiger partial charge in [0, 0.05) is 31.2 Å². The number of piperidine rings is 2. The Morgan fingerprint density at radius 1 is 0.982 bits per heavy atom. The molecule has 14 nitrogen and oxygen atoms in total. The Balaban J connectivity index is 1.08. The van der Waals surface area contributed by atoms with Gasteiger partial charge < -0.3 is 60.8 Å². The van der Waals surface area contributed by atoms with E-state index in [1.165, 1.54) is 0 Å². The zero-order valence-electron chi connectivity index (χ0n) is 33.3. The molecule has 6 rings (SSSR count). The van der Waals surface area contributed by atoms with Crippen LogP contribution < -0.4 is 21.7 Å². The van der Waals surface area contributed by atoms with Gasteiger partial charge in [-0.05, 0) is 128 Å². The summed E-state index contributed by atoms with van der Waals surface area (Å²) in [4.78, 5) is 12.9. The number of hydrogen-bond donors (Lipinski definition) is 9. The summed E-state index contributed by atoms with van der Waals surface area (Å²) in [7, 11) is 1.61. The number of aliphatic hydroxyl groups excluding tert-OH is 4. The van der Waals surface area contributed by atoms with Crippen LogP contribution in [0.15, 0.2) is 12.2 Å². The van der Waals surface area contributed by atoms with Gasteiger partial charge in [0.2, 0.25) is 0 Å². The summed E-state index contributed by atoms with van der Waals surface area (Å²) in [5.41, 5.74) is 5.79. The van der Waals surface area contributed by atoms with E-state index in [1.807, 2.05) is 6.08 Å². The van der Waals surface area contributed by atoms with Crippen molar-refractivity contribution in [3.63, 3.8) is 0 Å². The molecule has 3 aliphatic heterocycles. The van der Waals surface area contributed by atoms with E-state index in [-0.39, 0.29) is 67.7 Å². The van der Waals surface area contributed by atoms with Crippen molar-refractivity contribution >= 4 is 5.97 Å². The molecule has 3 heterocycles. The lowest BCUT2D eigenvalue weighted by Gasteiger charge is -2.53. The molecule has 55 heavy (non-hydrogen) atoms. The van der Waals surface area contributed by atoms with Crippen LogP contribution in [-0.4, -0.2) is 138 Å². The van der Waals surface area contributed by atoms with Gasteiger partial charge in [-0.3, -0.25) is 10.1 Å². The molecule has 18 atom stereocenters. The third-order valence-corrected chi connectivity index (χ3v) is 14.3. The molecule has 0 amide bonds. The van der Waals surface area contributed by atoms with E-state index in [1.54, 1.807) is 14.0 Å². The average Bonchev–Trinajstić information content (AvgIpc) is 3.54. The first kappa shape index (κ1) is 43.3. The number of nitrogens with one attached hydrogen (secondary N) is 3. The number of allylic oxidation sites excluding steroid dienone is 1. The van der Waals surface area contributed by atoms with Gasteiger partial charge in [-0.2, -0.15) is 0 Å². The SMILES string of the molecule is COC1CC([C@H]2C[C@@H](O)C[C@H](CCC3CCC(O)C(OCNC[C@H](C)O)C3)O2)CC(OC[C@H]2N[C@@H](C)CC[C@@]23[C@@H](C(=O)O)C=C[C@@H]3C2CCNC(N)C2)C1O. The van der Waals surface area contributed by atoms with Gasteiger partial charge in [-0.15, -0.1) is 0 Å². The highest BCUT2D eigenvalue weighted by Crippen LogP contribution is 2.56. The number of carboxylic acids is 1. The standard InChI is InChI=1S/C41H72N4O10/c1-23-10-12-41(30(7-8-31(41)40(50)51)26-11-13-44-38(42)17-26)37(45-23)21-53-36-16-27(15-35(52-3)39(36)49)33-19-28(47)18-29(55-33)6-4-25-5-9-32(48)34(14-25)54-22-43-20-24(2)46/h7-8,23-39,43-49H,4-6,9-22,42H2,1-3H3,(H,50,51)/t23-,24-,25?,26?,27?,28-,29-,30+,31+,32?,33+,34?,35?,36?,37+,38?,39?,41+/m0/s1. The monoisotopic (exact) mass is 781 g/mol. The van der Waals surface area contributed by atoms with E-state index in [0.717, 1.165) is 57.9 Å². The number of nitrogens with two attached hydrogens (primary N) is 1. The summed E-state index contributed by atoms with van der Waals surface area (Å²) in [5, 5.41) is 63.4. The maximum absolute atomic E-state index is 12.9. The first-order valence-electron chi connectivity index (χ1n) is 21.4. The van der Waals surface area contributed by atoms with E-state index < -0.39 is 53.9 Å².